The summed E-state index contributed by atoms with van der Waals surface area (Å²) in [5.41, 5.74) is 7.53. The summed E-state index contributed by atoms with van der Waals surface area (Å²) in [6, 6.07) is 0. The van der Waals surface area contributed by atoms with Crippen LogP contribution in [-0.2, 0) is 6.42 Å². The van der Waals surface area contributed by atoms with Crippen molar-refractivity contribution in [2.24, 2.45) is 5.92 Å². The van der Waals surface area contributed by atoms with Crippen molar-refractivity contribution in [3.05, 3.63) is 11.4 Å². The van der Waals surface area contributed by atoms with Crippen LogP contribution in [-0.4, -0.2) is 47.2 Å². The Labute approximate surface area is 120 Å². The minimum absolute atomic E-state index is 0.170. The smallest absolute Gasteiger partial charge is 0.273 e. The van der Waals surface area contributed by atoms with E-state index in [0.29, 0.717) is 23.8 Å². The van der Waals surface area contributed by atoms with Crippen LogP contribution in [0.2, 0.25) is 0 Å². The average Bonchev–Trinajstić information content (AvgIpc) is 2.86. The van der Waals surface area contributed by atoms with E-state index in [9.17, 15) is 4.79 Å². The molecule has 0 unspecified atom stereocenters. The summed E-state index contributed by atoms with van der Waals surface area (Å²) in [7, 11) is 0. The number of carbonyl (C=O) groups is 1. The number of hydrogen-bond donors (Lipinski definition) is 3. The van der Waals surface area contributed by atoms with Gasteiger partial charge in [0.05, 0.1) is 11.4 Å². The van der Waals surface area contributed by atoms with Gasteiger partial charge in [-0.25, -0.2) is 0 Å². The molecule has 0 aliphatic carbocycles. The highest BCUT2D eigenvalue weighted by Gasteiger charge is 2.21. The van der Waals surface area contributed by atoms with Crippen LogP contribution in [0, 0.1) is 5.92 Å². The summed E-state index contributed by atoms with van der Waals surface area (Å²) in [5.74, 6) is 0.393. The number of nitrogens with one attached hydrogen (secondary N) is 2. The molecule has 1 aromatic heterocycles. The van der Waals surface area contributed by atoms with Gasteiger partial charge in [-0.15, -0.1) is 0 Å². The van der Waals surface area contributed by atoms with Crippen molar-refractivity contribution in [2.75, 3.05) is 31.9 Å². The Morgan fingerprint density at radius 2 is 2.15 bits per heavy atom. The minimum Gasteiger partial charge on any atom is -0.395 e. The predicted molar refractivity (Wildman–Crippen MR) is 79.5 cm³/mol. The molecule has 6 nitrogen and oxygen atoms in total. The molecule has 20 heavy (non-hydrogen) atoms. The van der Waals surface area contributed by atoms with Crippen LogP contribution < -0.4 is 11.1 Å². The molecule has 112 valence electrons. The summed E-state index contributed by atoms with van der Waals surface area (Å²) in [6.07, 6.45) is 3.04. The van der Waals surface area contributed by atoms with Crippen LogP contribution in [0.1, 0.15) is 42.9 Å². The fourth-order valence-electron chi connectivity index (χ4n) is 2.66. The van der Waals surface area contributed by atoms with E-state index < -0.39 is 0 Å². The average molecular weight is 279 g/mol. The Bertz CT molecular complexity index is 448. The van der Waals surface area contributed by atoms with Gasteiger partial charge in [-0.2, -0.15) is 5.10 Å². The van der Waals surface area contributed by atoms with Crippen molar-refractivity contribution in [1.82, 2.24) is 20.4 Å². The van der Waals surface area contributed by atoms with Gasteiger partial charge < -0.3 is 16.0 Å². The van der Waals surface area contributed by atoms with E-state index >= 15 is 0 Å². The third kappa shape index (κ3) is 3.30. The highest BCUT2D eigenvalue weighted by Crippen LogP contribution is 2.17. The number of anilines is 1. The molecule has 0 aromatic carbocycles. The zero-order valence-electron chi connectivity index (χ0n) is 12.4. The third-order valence-corrected chi connectivity index (χ3v) is 4.16. The maximum absolute atomic E-state index is 12.1. The third-order valence-electron chi connectivity index (χ3n) is 4.16. The van der Waals surface area contributed by atoms with Crippen molar-refractivity contribution < 1.29 is 4.79 Å². The van der Waals surface area contributed by atoms with E-state index in [4.69, 9.17) is 5.73 Å². The summed E-state index contributed by atoms with van der Waals surface area (Å²) < 4.78 is 0. The molecule has 1 aliphatic rings. The molecule has 0 bridgehead atoms. The molecule has 1 fully saturated rings. The highest BCUT2D eigenvalue weighted by atomic mass is 16.1. The second-order valence-corrected chi connectivity index (χ2v) is 5.41. The van der Waals surface area contributed by atoms with E-state index in [1.54, 1.807) is 0 Å². The number of piperidine rings is 1. The Kier molecular flexibility index (Phi) is 5.00. The van der Waals surface area contributed by atoms with E-state index in [1.165, 1.54) is 0 Å². The minimum atomic E-state index is -0.170. The molecule has 4 N–H and O–H groups in total. The Hall–Kier alpha value is -1.56. The number of amides is 1. The molecular weight excluding hydrogens is 254 g/mol. The summed E-state index contributed by atoms with van der Waals surface area (Å²) in [5, 5.41) is 9.78. The van der Waals surface area contributed by atoms with Crippen molar-refractivity contribution >= 4 is 11.6 Å². The fourth-order valence-corrected chi connectivity index (χ4v) is 2.66. The molecule has 1 aliphatic heterocycles. The van der Waals surface area contributed by atoms with Gasteiger partial charge in [-0.05, 0) is 44.8 Å². The second kappa shape index (κ2) is 6.74. The van der Waals surface area contributed by atoms with Gasteiger partial charge in [-0.3, -0.25) is 9.89 Å². The molecule has 1 aromatic rings. The van der Waals surface area contributed by atoms with Gasteiger partial charge >= 0.3 is 0 Å². The van der Waals surface area contributed by atoms with Crippen molar-refractivity contribution in [1.29, 1.82) is 0 Å². The molecule has 1 amide bonds. The van der Waals surface area contributed by atoms with Crippen molar-refractivity contribution in [3.63, 3.8) is 0 Å². The van der Waals surface area contributed by atoms with Gasteiger partial charge in [0.25, 0.3) is 5.91 Å². The van der Waals surface area contributed by atoms with Gasteiger partial charge in [-0.1, -0.05) is 13.8 Å². The van der Waals surface area contributed by atoms with E-state index in [2.05, 4.69) is 27.3 Å². The zero-order chi connectivity index (χ0) is 14.5. The number of nitrogens with zero attached hydrogens (tertiary/aromatic N) is 2. The highest BCUT2D eigenvalue weighted by molar-refractivity contribution is 5.97. The molecule has 1 saturated heterocycles. The predicted octanol–water partition coefficient (Wildman–Crippen LogP) is 1.02. The number of likely N-dealkylation sites (tertiary alicyclic amines) is 1. The van der Waals surface area contributed by atoms with Gasteiger partial charge in [0.15, 0.2) is 5.69 Å². The topological polar surface area (TPSA) is 87.0 Å². The lowest BCUT2D eigenvalue weighted by Crippen LogP contribution is -2.38. The van der Waals surface area contributed by atoms with Crippen LogP contribution in [0.4, 0.5) is 5.69 Å². The van der Waals surface area contributed by atoms with Gasteiger partial charge in [0.1, 0.15) is 0 Å². The summed E-state index contributed by atoms with van der Waals surface area (Å²) in [4.78, 5) is 14.5. The Balaban J connectivity index is 1.82. The zero-order valence-corrected chi connectivity index (χ0v) is 12.4. The molecule has 6 heteroatoms. The largest absolute Gasteiger partial charge is 0.395 e. The van der Waals surface area contributed by atoms with Crippen LogP contribution in [0.15, 0.2) is 0 Å². The molecule has 0 saturated carbocycles. The number of aryl methyl sites for hydroxylation is 1. The number of aromatic nitrogens is 2. The lowest BCUT2D eigenvalue weighted by Gasteiger charge is -2.30. The summed E-state index contributed by atoms with van der Waals surface area (Å²) in [6.45, 7) is 8.25. The molecule has 0 radical (unpaired) electrons. The van der Waals surface area contributed by atoms with E-state index in [0.717, 1.165) is 44.6 Å². The van der Waals surface area contributed by atoms with Crippen LogP contribution in [0.3, 0.4) is 0 Å². The number of rotatable bonds is 5. The number of carbonyl (C=O) groups excluding carboxylic acids is 1. The quantitative estimate of drug-likeness (QED) is 0.751. The standard InChI is InChI=1S/C14H25N5O/c1-3-11-12(15)13(18-17-11)14(20)16-9-10-5-7-19(4-2)8-6-10/h10H,3-9,15H2,1-2H3,(H,16,20)(H,17,18). The fraction of sp³-hybridized carbons (Fsp3) is 0.714. The Morgan fingerprint density at radius 3 is 2.70 bits per heavy atom. The number of nitrogen functional groups attached to an aromatic ring is 1. The number of aromatic amines is 1. The van der Waals surface area contributed by atoms with E-state index in [-0.39, 0.29) is 5.91 Å². The molecule has 0 spiro atoms. The van der Waals surface area contributed by atoms with Crippen molar-refractivity contribution in [3.8, 4) is 0 Å². The number of H-pyrrole nitrogens is 1. The lowest BCUT2D eigenvalue weighted by atomic mass is 9.97. The maximum Gasteiger partial charge on any atom is 0.273 e. The molecular formula is C14H25N5O. The van der Waals surface area contributed by atoms with Gasteiger partial charge in [0.2, 0.25) is 0 Å². The first-order chi connectivity index (χ1) is 9.65. The first-order valence-corrected chi connectivity index (χ1v) is 7.48. The first-order valence-electron chi connectivity index (χ1n) is 7.48. The first kappa shape index (κ1) is 14.8. The number of hydrogen-bond acceptors (Lipinski definition) is 4. The lowest BCUT2D eigenvalue weighted by molar-refractivity contribution is 0.0932. The molecule has 0 atom stereocenters. The summed E-state index contributed by atoms with van der Waals surface area (Å²) >= 11 is 0. The normalized spacial score (nSPS) is 17.3. The van der Waals surface area contributed by atoms with Crippen LogP contribution in [0.5, 0.6) is 0 Å². The van der Waals surface area contributed by atoms with E-state index in [1.807, 2.05) is 6.92 Å². The second-order valence-electron chi connectivity index (χ2n) is 5.41. The van der Waals surface area contributed by atoms with Gasteiger partial charge in [0, 0.05) is 6.54 Å². The maximum atomic E-state index is 12.1. The SMILES string of the molecule is CCc1[nH]nc(C(=O)NCC2CCN(CC)CC2)c1N. The molecule has 2 rings (SSSR count). The number of nitrogens with two attached hydrogens (primary N) is 1. The van der Waals surface area contributed by atoms with Crippen LogP contribution in [0.25, 0.3) is 0 Å². The monoisotopic (exact) mass is 279 g/mol. The van der Waals surface area contributed by atoms with Crippen molar-refractivity contribution in [2.45, 2.75) is 33.1 Å². The molecule has 2 heterocycles. The Morgan fingerprint density at radius 1 is 1.45 bits per heavy atom. The van der Waals surface area contributed by atoms with Crippen LogP contribution >= 0.6 is 0 Å².